The van der Waals surface area contributed by atoms with Crippen molar-refractivity contribution in [2.75, 3.05) is 18.4 Å². The summed E-state index contributed by atoms with van der Waals surface area (Å²) in [5.74, 6) is 0.119. The Morgan fingerprint density at radius 3 is 2.48 bits per heavy atom. The van der Waals surface area contributed by atoms with Crippen molar-refractivity contribution in [3.63, 3.8) is 0 Å². The van der Waals surface area contributed by atoms with E-state index in [1.807, 2.05) is 38.1 Å². The van der Waals surface area contributed by atoms with Gasteiger partial charge in [-0.3, -0.25) is 4.79 Å². The molecule has 2 aromatic carbocycles. The number of amides is 1. The Balaban J connectivity index is 1.86. The van der Waals surface area contributed by atoms with E-state index in [1.54, 1.807) is 19.9 Å². The molecule has 2 atom stereocenters. The van der Waals surface area contributed by atoms with Gasteiger partial charge < -0.3 is 10.1 Å². The maximum Gasteiger partial charge on any atom is 0.243 e. The fourth-order valence-electron chi connectivity index (χ4n) is 3.67. The van der Waals surface area contributed by atoms with Crippen LogP contribution < -0.4 is 10.1 Å². The van der Waals surface area contributed by atoms with Gasteiger partial charge in [-0.1, -0.05) is 43.6 Å². The van der Waals surface area contributed by atoms with Crippen molar-refractivity contribution < 1.29 is 17.9 Å². The smallest absolute Gasteiger partial charge is 0.243 e. The Kier molecular flexibility index (Phi) is 7.29. The molecule has 0 aliphatic heterocycles. The third-order valence-corrected chi connectivity index (χ3v) is 7.74. The molecule has 0 aromatic heterocycles. The third kappa shape index (κ3) is 5.22. The largest absolute Gasteiger partial charge is 0.489 e. The first-order valence-corrected chi connectivity index (χ1v) is 12.4. The van der Waals surface area contributed by atoms with Crippen LogP contribution in [0.2, 0.25) is 5.02 Å². The molecule has 1 aliphatic carbocycles. The number of rotatable bonds is 9. The summed E-state index contributed by atoms with van der Waals surface area (Å²) in [6.45, 7) is 8.07. The molecular weight excluding hydrogens is 436 g/mol. The monoisotopic (exact) mass is 464 g/mol. The van der Waals surface area contributed by atoms with E-state index >= 15 is 0 Å². The highest BCUT2D eigenvalue weighted by atomic mass is 35.5. The second-order valence-corrected chi connectivity index (χ2v) is 10.2. The number of hydrogen-bond acceptors (Lipinski definition) is 4. The van der Waals surface area contributed by atoms with Crippen LogP contribution in [-0.4, -0.2) is 37.8 Å². The van der Waals surface area contributed by atoms with Crippen molar-refractivity contribution in [2.45, 2.75) is 51.0 Å². The van der Waals surface area contributed by atoms with E-state index in [1.165, 1.54) is 16.4 Å². The lowest BCUT2D eigenvalue weighted by Crippen LogP contribution is -2.30. The second kappa shape index (κ2) is 9.59. The first kappa shape index (κ1) is 23.6. The first-order valence-electron chi connectivity index (χ1n) is 10.5. The van der Waals surface area contributed by atoms with Gasteiger partial charge in [0, 0.05) is 24.0 Å². The maximum absolute atomic E-state index is 12.9. The Hall–Kier alpha value is -2.09. The normalized spacial score (nSPS) is 18.3. The fourth-order valence-corrected chi connectivity index (χ4v) is 5.43. The number of carbonyl (C=O) groups excluding carboxylic acids is 1. The van der Waals surface area contributed by atoms with Crippen molar-refractivity contribution in [1.82, 2.24) is 4.31 Å². The van der Waals surface area contributed by atoms with Crippen LogP contribution in [0.15, 0.2) is 47.4 Å². The predicted molar refractivity (Wildman–Crippen MR) is 123 cm³/mol. The Morgan fingerprint density at radius 1 is 1.19 bits per heavy atom. The highest BCUT2D eigenvalue weighted by Gasteiger charge is 2.45. The molecule has 31 heavy (non-hydrogen) atoms. The van der Waals surface area contributed by atoms with E-state index in [0.29, 0.717) is 36.0 Å². The van der Waals surface area contributed by atoms with Crippen LogP contribution in [-0.2, 0) is 14.8 Å². The molecule has 2 aromatic rings. The first-order chi connectivity index (χ1) is 14.7. The summed E-state index contributed by atoms with van der Waals surface area (Å²) >= 11 is 6.28. The molecule has 1 N–H and O–H groups in total. The summed E-state index contributed by atoms with van der Waals surface area (Å²) in [6, 6.07) is 12.1. The van der Waals surface area contributed by atoms with Crippen molar-refractivity contribution in [1.29, 1.82) is 0 Å². The maximum atomic E-state index is 12.9. The molecule has 1 amide bonds. The average Bonchev–Trinajstić information content (AvgIpc) is 3.50. The Labute approximate surface area is 189 Å². The molecule has 1 fully saturated rings. The Bertz CT molecular complexity index is 1050. The number of ether oxygens (including phenoxy) is 1. The molecule has 1 aliphatic rings. The van der Waals surface area contributed by atoms with Gasteiger partial charge in [0.25, 0.3) is 0 Å². The molecule has 0 radical (unpaired) electrons. The zero-order valence-corrected chi connectivity index (χ0v) is 19.8. The van der Waals surface area contributed by atoms with Gasteiger partial charge in [-0.15, -0.1) is 0 Å². The van der Waals surface area contributed by atoms with Crippen LogP contribution in [0.5, 0.6) is 5.75 Å². The van der Waals surface area contributed by atoms with Gasteiger partial charge in [-0.2, -0.15) is 4.31 Å². The van der Waals surface area contributed by atoms with Gasteiger partial charge in [0.05, 0.1) is 16.7 Å². The minimum Gasteiger partial charge on any atom is -0.489 e. The zero-order valence-electron chi connectivity index (χ0n) is 18.3. The molecule has 168 valence electrons. The topological polar surface area (TPSA) is 75.7 Å². The van der Waals surface area contributed by atoms with E-state index in [-0.39, 0.29) is 28.7 Å². The predicted octanol–water partition coefficient (Wildman–Crippen LogP) is 4.90. The van der Waals surface area contributed by atoms with Gasteiger partial charge in [0.2, 0.25) is 15.9 Å². The number of nitrogens with one attached hydrogen (secondary N) is 1. The molecule has 1 saturated carbocycles. The number of hydrogen-bond donors (Lipinski definition) is 1. The summed E-state index contributed by atoms with van der Waals surface area (Å²) in [5, 5.41) is 3.55. The molecule has 2 unspecified atom stereocenters. The van der Waals surface area contributed by atoms with Crippen LogP contribution in [0.1, 0.15) is 45.6 Å². The molecule has 6 nitrogen and oxygen atoms in total. The average molecular weight is 465 g/mol. The van der Waals surface area contributed by atoms with Crippen LogP contribution in [0, 0.1) is 5.92 Å². The summed E-state index contributed by atoms with van der Waals surface area (Å²) in [4.78, 5) is 13.1. The lowest BCUT2D eigenvalue weighted by molar-refractivity contribution is -0.117. The van der Waals surface area contributed by atoms with Crippen LogP contribution in [0.3, 0.4) is 0 Å². The number of benzene rings is 2. The number of carbonyl (C=O) groups is 1. The van der Waals surface area contributed by atoms with Gasteiger partial charge in [-0.25, -0.2) is 8.42 Å². The van der Waals surface area contributed by atoms with E-state index in [0.717, 1.165) is 5.56 Å². The Morgan fingerprint density at radius 2 is 1.87 bits per heavy atom. The summed E-state index contributed by atoms with van der Waals surface area (Å²) < 4.78 is 33.1. The van der Waals surface area contributed by atoms with Gasteiger partial charge in [-0.05, 0) is 56.0 Å². The van der Waals surface area contributed by atoms with Gasteiger partial charge >= 0.3 is 0 Å². The van der Waals surface area contributed by atoms with Crippen LogP contribution in [0.4, 0.5) is 5.69 Å². The van der Waals surface area contributed by atoms with E-state index in [4.69, 9.17) is 16.3 Å². The van der Waals surface area contributed by atoms with Gasteiger partial charge in [0.1, 0.15) is 5.75 Å². The van der Waals surface area contributed by atoms with Crippen molar-refractivity contribution in [2.24, 2.45) is 5.92 Å². The molecule has 0 bridgehead atoms. The number of nitrogens with zero attached hydrogens (tertiary/aromatic N) is 1. The summed E-state index contributed by atoms with van der Waals surface area (Å²) in [5.41, 5.74) is 1.32. The van der Waals surface area contributed by atoms with Crippen LogP contribution in [0.25, 0.3) is 0 Å². The molecular formula is C23H29ClN2O4S. The second-order valence-electron chi connectivity index (χ2n) is 7.87. The van der Waals surface area contributed by atoms with Crippen molar-refractivity contribution in [3.05, 3.63) is 53.1 Å². The fraction of sp³-hybridized carbons (Fsp3) is 0.435. The van der Waals surface area contributed by atoms with E-state index in [9.17, 15) is 13.2 Å². The molecule has 0 heterocycles. The van der Waals surface area contributed by atoms with Crippen molar-refractivity contribution in [3.8, 4) is 5.75 Å². The highest BCUT2D eigenvalue weighted by molar-refractivity contribution is 7.89. The summed E-state index contributed by atoms with van der Waals surface area (Å²) in [7, 11) is -3.66. The number of halogens is 1. The minimum atomic E-state index is -3.66. The molecule has 3 rings (SSSR count). The zero-order chi connectivity index (χ0) is 22.8. The van der Waals surface area contributed by atoms with E-state index < -0.39 is 10.0 Å². The van der Waals surface area contributed by atoms with Crippen molar-refractivity contribution >= 4 is 33.2 Å². The number of sulfonamides is 1. The lowest BCUT2D eigenvalue weighted by atomic mass is 10.1. The van der Waals surface area contributed by atoms with Gasteiger partial charge in [0.15, 0.2) is 0 Å². The minimum absolute atomic E-state index is 0.0609. The summed E-state index contributed by atoms with van der Waals surface area (Å²) in [6.07, 6.45) is 0.575. The third-order valence-electron chi connectivity index (χ3n) is 5.35. The SMILES string of the molecule is CCN(CC)S(=O)(=O)c1ccc(OC(C)C)c(NC(=O)C2CC2c2ccccc2Cl)c1. The van der Waals surface area contributed by atoms with E-state index in [2.05, 4.69) is 5.32 Å². The number of anilines is 1. The van der Waals surface area contributed by atoms with Crippen LogP contribution >= 0.6 is 11.6 Å². The lowest BCUT2D eigenvalue weighted by Gasteiger charge is -2.20. The molecule has 8 heteroatoms. The molecule has 0 spiro atoms. The highest BCUT2D eigenvalue weighted by Crippen LogP contribution is 2.50. The standard InChI is InChI=1S/C23H29ClN2O4S/c1-5-26(6-2)31(28,29)16-11-12-22(30-15(3)4)21(13-16)25-23(27)19-14-18(19)17-9-7-8-10-20(17)24/h7-13,15,18-19H,5-6,14H2,1-4H3,(H,25,27). The molecule has 0 saturated heterocycles. The quantitative estimate of drug-likeness (QED) is 0.572.